The van der Waals surface area contributed by atoms with Gasteiger partial charge in [-0.2, -0.15) is 0 Å². The number of benzene rings is 2. The third-order valence-corrected chi connectivity index (χ3v) is 18.9. The summed E-state index contributed by atoms with van der Waals surface area (Å²) in [6, 6.07) is 27.5. The maximum Gasteiger partial charge on any atom is 0.338 e. The Labute approximate surface area is 443 Å². The first-order valence-electron chi connectivity index (χ1n) is 24.9. The highest BCUT2D eigenvalue weighted by molar-refractivity contribution is 8.18. The summed E-state index contributed by atoms with van der Waals surface area (Å²) in [6.45, 7) is 10.2. The van der Waals surface area contributed by atoms with Crippen molar-refractivity contribution in [2.75, 3.05) is 26.4 Å². The van der Waals surface area contributed by atoms with Crippen LogP contribution in [0.1, 0.15) is 134 Å². The average Bonchev–Trinajstić information content (AvgIpc) is 3.41. The van der Waals surface area contributed by atoms with Crippen LogP contribution in [0, 0.1) is 0 Å². The Morgan fingerprint density at radius 1 is 0.542 bits per heavy atom. The van der Waals surface area contributed by atoms with E-state index in [2.05, 4.69) is 61.7 Å². The van der Waals surface area contributed by atoms with Crippen LogP contribution in [-0.2, 0) is 48.2 Å². The summed E-state index contributed by atoms with van der Waals surface area (Å²) in [5.41, 5.74) is 5.94. The van der Waals surface area contributed by atoms with Gasteiger partial charge in [-0.15, -0.1) is 47.0 Å². The number of hydrogen-bond donors (Lipinski definition) is 0. The van der Waals surface area contributed by atoms with Gasteiger partial charge in [0.25, 0.3) is 0 Å². The Morgan fingerprint density at radius 3 is 1.28 bits per heavy atom. The SMILES string of the molecule is C=C(C)C(=O)OCCOC(=O)c1ccc(CSC2(c3ccccn3)CC=CC(CCCCCCCCCCC3C=CCC(SCc4ccc(C(=O)OCCOC(=O)C(=C)C)cc4)(c4ccccn4)S3)S2)cc1. The molecule has 4 atom stereocenters. The third kappa shape index (κ3) is 17.9. The molecule has 2 aromatic carbocycles. The van der Waals surface area contributed by atoms with Crippen molar-refractivity contribution in [1.82, 2.24) is 9.97 Å². The molecular formula is C58H68N2O8S4. The highest BCUT2D eigenvalue weighted by atomic mass is 32.2. The zero-order valence-electron chi connectivity index (χ0n) is 41.6. The number of nitrogens with zero attached hydrogens (tertiary/aromatic N) is 2. The fraction of sp³-hybridized carbons (Fsp3) is 0.414. The van der Waals surface area contributed by atoms with Gasteiger partial charge in [-0.05, 0) is 99.2 Å². The topological polar surface area (TPSA) is 131 Å². The van der Waals surface area contributed by atoms with Crippen LogP contribution in [-0.4, -0.2) is 70.8 Å². The fourth-order valence-corrected chi connectivity index (χ4v) is 14.7. The number of aromatic nitrogens is 2. The van der Waals surface area contributed by atoms with E-state index in [0.717, 1.165) is 59.7 Å². The van der Waals surface area contributed by atoms with Gasteiger partial charge in [0.15, 0.2) is 0 Å². The highest BCUT2D eigenvalue weighted by Gasteiger charge is 2.39. The molecule has 2 aromatic heterocycles. The maximum atomic E-state index is 12.6. The second-order valence-corrected chi connectivity index (χ2v) is 24.1. The van der Waals surface area contributed by atoms with E-state index < -0.39 is 23.9 Å². The largest absolute Gasteiger partial charge is 0.459 e. The second kappa shape index (κ2) is 29.6. The molecule has 2 aliphatic heterocycles. The molecule has 4 heterocycles. The third-order valence-electron chi connectivity index (χ3n) is 12.1. The van der Waals surface area contributed by atoms with Crippen LogP contribution in [0.25, 0.3) is 0 Å². The van der Waals surface area contributed by atoms with E-state index in [9.17, 15) is 19.2 Å². The Hall–Kier alpha value is -5.02. The lowest BCUT2D eigenvalue weighted by Crippen LogP contribution is -2.25. The minimum absolute atomic E-state index is 0.0133. The summed E-state index contributed by atoms with van der Waals surface area (Å²) < 4.78 is 20.2. The van der Waals surface area contributed by atoms with Crippen LogP contribution in [0.3, 0.4) is 0 Å². The minimum Gasteiger partial charge on any atom is -0.459 e. The number of ether oxygens (including phenoxy) is 4. The fourth-order valence-electron chi connectivity index (χ4n) is 8.14. The molecule has 0 fully saturated rings. The molecule has 14 heteroatoms. The van der Waals surface area contributed by atoms with Crippen molar-refractivity contribution < 1.29 is 38.1 Å². The first-order valence-corrected chi connectivity index (χ1v) is 28.7. The molecule has 6 rings (SSSR count). The number of carbonyl (C=O) groups excluding carboxylic acids is 4. The van der Waals surface area contributed by atoms with Crippen LogP contribution in [0.5, 0.6) is 0 Å². The lowest BCUT2D eigenvalue weighted by atomic mass is 10.0. The van der Waals surface area contributed by atoms with Gasteiger partial charge in [0.2, 0.25) is 0 Å². The number of rotatable bonds is 29. The highest BCUT2D eigenvalue weighted by Crippen LogP contribution is 2.56. The molecule has 0 radical (unpaired) electrons. The van der Waals surface area contributed by atoms with Crippen molar-refractivity contribution >= 4 is 70.9 Å². The summed E-state index contributed by atoms with van der Waals surface area (Å²) in [6.07, 6.45) is 27.3. The summed E-state index contributed by atoms with van der Waals surface area (Å²) in [4.78, 5) is 58.0. The van der Waals surface area contributed by atoms with E-state index in [1.54, 1.807) is 38.1 Å². The van der Waals surface area contributed by atoms with Crippen molar-refractivity contribution in [1.29, 1.82) is 0 Å². The molecule has 72 heavy (non-hydrogen) atoms. The van der Waals surface area contributed by atoms with E-state index in [4.69, 9.17) is 28.9 Å². The van der Waals surface area contributed by atoms with E-state index >= 15 is 0 Å². The van der Waals surface area contributed by atoms with Gasteiger partial charge >= 0.3 is 23.9 Å². The quantitative estimate of drug-likeness (QED) is 0.0168. The number of allylic oxidation sites excluding steroid dienone is 2. The molecule has 0 saturated carbocycles. The van der Waals surface area contributed by atoms with Crippen molar-refractivity contribution in [3.63, 3.8) is 0 Å². The Balaban J connectivity index is 0.875. The molecule has 0 saturated heterocycles. The van der Waals surface area contributed by atoms with Gasteiger partial charge in [0, 0.05) is 45.5 Å². The molecule has 4 unspecified atom stereocenters. The zero-order chi connectivity index (χ0) is 51.0. The number of carbonyl (C=O) groups is 4. The molecule has 0 bridgehead atoms. The second-order valence-electron chi connectivity index (χ2n) is 18.0. The Kier molecular flexibility index (Phi) is 23.2. The average molecular weight is 1050 g/mol. The molecule has 0 spiro atoms. The van der Waals surface area contributed by atoms with Crippen LogP contribution in [0.2, 0.25) is 0 Å². The predicted molar refractivity (Wildman–Crippen MR) is 296 cm³/mol. The molecule has 10 nitrogen and oxygen atoms in total. The molecule has 4 aromatic rings. The lowest BCUT2D eigenvalue weighted by molar-refractivity contribution is -0.140. The van der Waals surface area contributed by atoms with Crippen LogP contribution < -0.4 is 0 Å². The van der Waals surface area contributed by atoms with Crippen molar-refractivity contribution in [2.24, 2.45) is 0 Å². The summed E-state index contributed by atoms with van der Waals surface area (Å²) in [7, 11) is 0. The van der Waals surface area contributed by atoms with Gasteiger partial charge in [0.05, 0.1) is 22.5 Å². The van der Waals surface area contributed by atoms with E-state index in [1.165, 1.54) is 51.4 Å². The van der Waals surface area contributed by atoms with Crippen LogP contribution >= 0.6 is 47.0 Å². The monoisotopic (exact) mass is 1050 g/mol. The number of thioether (sulfide) groups is 4. The normalized spacial score (nSPS) is 19.2. The smallest absolute Gasteiger partial charge is 0.338 e. The van der Waals surface area contributed by atoms with Gasteiger partial charge in [0.1, 0.15) is 34.6 Å². The van der Waals surface area contributed by atoms with Crippen LogP contribution in [0.15, 0.2) is 146 Å². The predicted octanol–water partition coefficient (Wildman–Crippen LogP) is 13.9. The maximum absolute atomic E-state index is 12.6. The first kappa shape index (κ1) is 56.3. The van der Waals surface area contributed by atoms with Crippen molar-refractivity contribution in [3.8, 4) is 0 Å². The molecular weight excluding hydrogens is 981 g/mol. The Morgan fingerprint density at radius 2 is 0.917 bits per heavy atom. The van der Waals surface area contributed by atoms with Crippen molar-refractivity contribution in [3.05, 3.63) is 180 Å². The number of unbranched alkanes of at least 4 members (excludes halogenated alkanes) is 7. The minimum atomic E-state index is -0.502. The number of hydrogen-bond acceptors (Lipinski definition) is 14. The molecule has 0 aliphatic carbocycles. The molecule has 0 amide bonds. The van der Waals surface area contributed by atoms with Gasteiger partial charge in [-0.3, -0.25) is 9.97 Å². The summed E-state index contributed by atoms with van der Waals surface area (Å²) in [5, 5.41) is 0.844. The Bertz CT molecular complexity index is 2280. The molecule has 2 aliphatic rings. The number of esters is 4. The van der Waals surface area contributed by atoms with Crippen LogP contribution in [0.4, 0.5) is 0 Å². The van der Waals surface area contributed by atoms with E-state index in [-0.39, 0.29) is 34.6 Å². The molecule has 0 N–H and O–H groups in total. The van der Waals surface area contributed by atoms with Gasteiger partial charge < -0.3 is 18.9 Å². The first-order chi connectivity index (χ1) is 34.9. The van der Waals surface area contributed by atoms with Gasteiger partial charge in [-0.1, -0.05) is 125 Å². The lowest BCUT2D eigenvalue weighted by Gasteiger charge is -2.37. The van der Waals surface area contributed by atoms with E-state index in [0.29, 0.717) is 32.8 Å². The number of pyridine rings is 2. The molecule has 382 valence electrons. The summed E-state index contributed by atoms with van der Waals surface area (Å²) in [5.74, 6) is -0.354. The van der Waals surface area contributed by atoms with Gasteiger partial charge in [-0.25, -0.2) is 19.2 Å². The standard InChI is InChI=1S/C58H68N2O8S4/c1-43(2)53(61)65-37-39-67-55(63)47-29-25-45(26-30-47)41-69-57(51-23-13-15-35-59-51)33-17-21-49(71-57)19-11-9-7-5-6-8-10-12-20-50-22-18-34-58(72-50,52-24-14-16-36-60-52)70-42-46-27-31-48(32-28-46)56(64)68-40-38-66-54(62)44(3)4/h13-18,21-32,35-36,49-50H,1,3,5-12,19-20,33-34,37-42H2,2,4H3. The van der Waals surface area contributed by atoms with E-state index in [1.807, 2.05) is 95.8 Å². The van der Waals surface area contributed by atoms with Crippen molar-refractivity contribution in [2.45, 2.75) is 121 Å². The summed E-state index contributed by atoms with van der Waals surface area (Å²) >= 11 is 7.87. The zero-order valence-corrected chi connectivity index (χ0v) is 44.9.